The van der Waals surface area contributed by atoms with Crippen molar-refractivity contribution in [2.75, 3.05) is 18.6 Å². The molecule has 0 saturated heterocycles. The number of carbonyl (C=O) groups excluding carboxylic acids is 2. The molecule has 0 amide bonds. The average molecular weight is 278 g/mol. The van der Waals surface area contributed by atoms with E-state index in [1.165, 1.54) is 7.11 Å². The largest absolute Gasteiger partial charge is 0.469 e. The number of rotatable bonds is 7. The van der Waals surface area contributed by atoms with E-state index in [0.717, 1.165) is 24.2 Å². The molecule has 0 aromatic heterocycles. The van der Waals surface area contributed by atoms with Crippen LogP contribution in [-0.2, 0) is 9.53 Å². The van der Waals surface area contributed by atoms with Gasteiger partial charge in [-0.05, 0) is 24.0 Å². The van der Waals surface area contributed by atoms with Crippen molar-refractivity contribution in [3.05, 3.63) is 35.9 Å². The third-order valence-electron chi connectivity index (χ3n) is 3.44. The molecule has 0 unspecified atom stereocenters. The molecule has 1 aliphatic carbocycles. The van der Waals surface area contributed by atoms with Gasteiger partial charge in [-0.25, -0.2) is 0 Å². The van der Waals surface area contributed by atoms with E-state index in [9.17, 15) is 9.59 Å². The van der Waals surface area contributed by atoms with Crippen molar-refractivity contribution in [1.29, 1.82) is 0 Å². The highest BCUT2D eigenvalue weighted by Gasteiger charge is 2.44. The van der Waals surface area contributed by atoms with E-state index in [-0.39, 0.29) is 17.2 Å². The van der Waals surface area contributed by atoms with Gasteiger partial charge in [0.1, 0.15) is 0 Å². The maximum absolute atomic E-state index is 11.9. The molecule has 0 heterocycles. The van der Waals surface area contributed by atoms with Gasteiger partial charge in [0.05, 0.1) is 19.3 Å². The molecule has 0 atom stereocenters. The molecule has 1 fully saturated rings. The molecular weight excluding hydrogens is 260 g/mol. The molecule has 0 aliphatic heterocycles. The van der Waals surface area contributed by atoms with E-state index in [4.69, 9.17) is 4.74 Å². The average Bonchev–Trinajstić information content (AvgIpc) is 3.19. The van der Waals surface area contributed by atoms with Crippen LogP contribution in [-0.4, -0.2) is 30.4 Å². The van der Waals surface area contributed by atoms with E-state index in [0.29, 0.717) is 12.2 Å². The highest BCUT2D eigenvalue weighted by molar-refractivity contribution is 8.00. The van der Waals surface area contributed by atoms with Crippen LogP contribution in [0.1, 0.15) is 29.6 Å². The van der Waals surface area contributed by atoms with E-state index in [1.54, 1.807) is 11.8 Å². The van der Waals surface area contributed by atoms with Crippen molar-refractivity contribution in [2.45, 2.75) is 19.3 Å². The molecule has 1 aliphatic rings. The number of ether oxygens (including phenoxy) is 1. The zero-order valence-corrected chi connectivity index (χ0v) is 11.9. The van der Waals surface area contributed by atoms with Crippen molar-refractivity contribution in [3.8, 4) is 0 Å². The lowest BCUT2D eigenvalue weighted by molar-refractivity contribution is -0.141. The predicted octanol–water partition coefficient (Wildman–Crippen LogP) is 2.95. The summed E-state index contributed by atoms with van der Waals surface area (Å²) in [6.07, 6.45) is 2.61. The molecule has 102 valence electrons. The summed E-state index contributed by atoms with van der Waals surface area (Å²) in [6, 6.07) is 9.32. The normalized spacial score (nSPS) is 15.8. The number of esters is 1. The first-order valence-corrected chi connectivity index (χ1v) is 7.53. The van der Waals surface area contributed by atoms with Crippen molar-refractivity contribution in [2.24, 2.45) is 5.41 Å². The minimum absolute atomic E-state index is 0.0920. The van der Waals surface area contributed by atoms with Gasteiger partial charge in [0.2, 0.25) is 0 Å². The molecule has 0 radical (unpaired) electrons. The third-order valence-corrected chi connectivity index (χ3v) is 4.72. The Balaban J connectivity index is 1.75. The highest BCUT2D eigenvalue weighted by atomic mass is 32.2. The first-order chi connectivity index (χ1) is 9.15. The Morgan fingerprint density at radius 2 is 1.95 bits per heavy atom. The maximum Gasteiger partial charge on any atom is 0.306 e. The lowest BCUT2D eigenvalue weighted by Gasteiger charge is -2.12. The molecule has 0 N–H and O–H groups in total. The molecule has 1 aromatic rings. The molecule has 0 spiro atoms. The van der Waals surface area contributed by atoms with Crippen LogP contribution in [0.4, 0.5) is 0 Å². The second kappa shape index (κ2) is 6.24. The summed E-state index contributed by atoms with van der Waals surface area (Å²) in [7, 11) is 1.42. The smallest absolute Gasteiger partial charge is 0.306 e. The van der Waals surface area contributed by atoms with Gasteiger partial charge < -0.3 is 4.74 Å². The summed E-state index contributed by atoms with van der Waals surface area (Å²) in [6.45, 7) is 0. The van der Waals surface area contributed by atoms with Crippen LogP contribution in [0.15, 0.2) is 30.3 Å². The fourth-order valence-corrected chi connectivity index (χ4v) is 3.27. The standard InChI is InChI=1S/C15H18O3S/c1-18-14(17)9-15(7-8-15)11-19-10-13(16)12-5-3-2-4-6-12/h2-6H,7-11H2,1H3. The quantitative estimate of drug-likeness (QED) is 0.568. The van der Waals surface area contributed by atoms with Gasteiger partial charge in [0.25, 0.3) is 0 Å². The SMILES string of the molecule is COC(=O)CC1(CSCC(=O)c2ccccc2)CC1. The Hall–Kier alpha value is -1.29. The van der Waals surface area contributed by atoms with Crippen LogP contribution in [0, 0.1) is 5.41 Å². The van der Waals surface area contributed by atoms with Gasteiger partial charge in [0, 0.05) is 5.56 Å². The first-order valence-electron chi connectivity index (χ1n) is 6.38. The highest BCUT2D eigenvalue weighted by Crippen LogP contribution is 2.51. The van der Waals surface area contributed by atoms with Crippen molar-refractivity contribution >= 4 is 23.5 Å². The van der Waals surface area contributed by atoms with Gasteiger partial charge in [-0.3, -0.25) is 9.59 Å². The molecule has 2 rings (SSSR count). The Bertz CT molecular complexity index is 452. The second-order valence-electron chi connectivity index (χ2n) is 5.03. The summed E-state index contributed by atoms with van der Waals surface area (Å²) in [5, 5.41) is 0. The van der Waals surface area contributed by atoms with Crippen LogP contribution in [0.3, 0.4) is 0 Å². The predicted molar refractivity (Wildman–Crippen MR) is 76.4 cm³/mol. The molecule has 1 saturated carbocycles. The van der Waals surface area contributed by atoms with Gasteiger partial charge in [-0.15, -0.1) is 0 Å². The first kappa shape index (κ1) is 14.1. The van der Waals surface area contributed by atoms with E-state index in [1.807, 2.05) is 30.3 Å². The van der Waals surface area contributed by atoms with Crippen molar-refractivity contribution in [1.82, 2.24) is 0 Å². The summed E-state index contributed by atoms with van der Waals surface area (Å²) in [4.78, 5) is 23.2. The topological polar surface area (TPSA) is 43.4 Å². The van der Waals surface area contributed by atoms with E-state index >= 15 is 0 Å². The van der Waals surface area contributed by atoms with Crippen LogP contribution in [0.5, 0.6) is 0 Å². The molecule has 1 aromatic carbocycles. The van der Waals surface area contributed by atoms with E-state index < -0.39 is 0 Å². The summed E-state index contributed by atoms with van der Waals surface area (Å²) >= 11 is 1.62. The zero-order valence-electron chi connectivity index (χ0n) is 11.1. The molecule has 0 bridgehead atoms. The fraction of sp³-hybridized carbons (Fsp3) is 0.467. The van der Waals surface area contributed by atoms with Gasteiger partial charge in [-0.1, -0.05) is 30.3 Å². The number of hydrogen-bond donors (Lipinski definition) is 0. The monoisotopic (exact) mass is 278 g/mol. The number of thioether (sulfide) groups is 1. The lowest BCUT2D eigenvalue weighted by Crippen LogP contribution is -2.14. The molecule has 3 nitrogen and oxygen atoms in total. The summed E-state index contributed by atoms with van der Waals surface area (Å²) in [5.74, 6) is 1.35. The second-order valence-corrected chi connectivity index (χ2v) is 6.02. The van der Waals surface area contributed by atoms with Crippen LogP contribution < -0.4 is 0 Å². The number of benzene rings is 1. The van der Waals surface area contributed by atoms with Gasteiger partial charge in [-0.2, -0.15) is 11.8 Å². The number of hydrogen-bond acceptors (Lipinski definition) is 4. The van der Waals surface area contributed by atoms with Crippen LogP contribution in [0.25, 0.3) is 0 Å². The zero-order chi connectivity index (χ0) is 13.7. The van der Waals surface area contributed by atoms with Crippen molar-refractivity contribution < 1.29 is 14.3 Å². The minimum atomic E-state index is -0.146. The minimum Gasteiger partial charge on any atom is -0.469 e. The van der Waals surface area contributed by atoms with Crippen LogP contribution in [0.2, 0.25) is 0 Å². The van der Waals surface area contributed by atoms with Crippen molar-refractivity contribution in [3.63, 3.8) is 0 Å². The van der Waals surface area contributed by atoms with Gasteiger partial charge in [0.15, 0.2) is 5.78 Å². The molecular formula is C15H18O3S. The van der Waals surface area contributed by atoms with E-state index in [2.05, 4.69) is 0 Å². The Morgan fingerprint density at radius 1 is 1.26 bits per heavy atom. The fourth-order valence-electron chi connectivity index (χ4n) is 1.99. The summed E-state index contributed by atoms with van der Waals surface area (Å²) < 4.78 is 4.71. The Kier molecular flexibility index (Phi) is 4.64. The number of ketones is 1. The lowest BCUT2D eigenvalue weighted by atomic mass is 10.1. The number of Topliss-reactive ketones (excluding diaryl/α,β-unsaturated/α-hetero) is 1. The molecule has 4 heteroatoms. The van der Waals surface area contributed by atoms with Gasteiger partial charge >= 0.3 is 5.97 Å². The third kappa shape index (κ3) is 4.10. The maximum atomic E-state index is 11.9. The summed E-state index contributed by atoms with van der Waals surface area (Å²) in [5.41, 5.74) is 0.849. The van der Waals surface area contributed by atoms with Crippen LogP contribution >= 0.6 is 11.8 Å². The number of carbonyl (C=O) groups is 2. The Morgan fingerprint density at radius 3 is 2.53 bits per heavy atom. The molecule has 19 heavy (non-hydrogen) atoms. The Labute approximate surface area is 117 Å². The number of methoxy groups -OCH3 is 1.